The molecule has 130 valence electrons. The van der Waals surface area contributed by atoms with Crippen LogP contribution in [0.25, 0.3) is 10.9 Å². The third-order valence-electron chi connectivity index (χ3n) is 4.86. The van der Waals surface area contributed by atoms with E-state index < -0.39 is 10.0 Å². The van der Waals surface area contributed by atoms with Gasteiger partial charge in [0.15, 0.2) is 0 Å². The molecule has 0 aliphatic carbocycles. The number of nitrogens with zero attached hydrogens (tertiary/aromatic N) is 2. The molecule has 3 aromatic rings. The fourth-order valence-electron chi connectivity index (χ4n) is 3.45. The zero-order chi connectivity index (χ0) is 17.4. The number of hydrogen-bond donors (Lipinski definition) is 1. The summed E-state index contributed by atoms with van der Waals surface area (Å²) < 4.78 is 27.5. The predicted molar refractivity (Wildman–Crippen MR) is 98.3 cm³/mol. The van der Waals surface area contributed by atoms with E-state index in [1.54, 1.807) is 12.1 Å². The van der Waals surface area contributed by atoms with E-state index >= 15 is 0 Å². The average molecular weight is 355 g/mol. The molecule has 6 heteroatoms. The number of benzene rings is 2. The number of fused-ring (bicyclic) bond motifs is 1. The number of piperidine rings is 1. The number of rotatable bonds is 3. The number of para-hydroxylation sites is 1. The van der Waals surface area contributed by atoms with Gasteiger partial charge in [0.1, 0.15) is 0 Å². The van der Waals surface area contributed by atoms with Crippen LogP contribution >= 0.6 is 0 Å². The summed E-state index contributed by atoms with van der Waals surface area (Å²) in [5, 5.41) is 8.87. The molecule has 0 saturated carbocycles. The number of aryl methyl sites for hydroxylation is 1. The molecule has 2 aromatic carbocycles. The molecule has 2 heterocycles. The Kier molecular flexibility index (Phi) is 4.09. The SMILES string of the molecule is Cc1ccc(S(=O)(=O)n2nc(C3CCNCC3)c3ccccc32)cc1. The van der Waals surface area contributed by atoms with Crippen LogP contribution in [0.1, 0.15) is 30.0 Å². The van der Waals surface area contributed by atoms with Crippen molar-refractivity contribution in [3.05, 3.63) is 59.8 Å². The van der Waals surface area contributed by atoms with Crippen molar-refractivity contribution in [1.29, 1.82) is 0 Å². The Bertz CT molecular complexity index is 1000. The van der Waals surface area contributed by atoms with Crippen LogP contribution < -0.4 is 5.32 Å². The summed E-state index contributed by atoms with van der Waals surface area (Å²) in [5.41, 5.74) is 2.57. The van der Waals surface area contributed by atoms with Crippen LogP contribution in [0, 0.1) is 6.92 Å². The van der Waals surface area contributed by atoms with Crippen molar-refractivity contribution in [3.63, 3.8) is 0 Å². The van der Waals surface area contributed by atoms with Crippen LogP contribution in [-0.2, 0) is 10.0 Å². The Morgan fingerprint density at radius 2 is 1.72 bits per heavy atom. The van der Waals surface area contributed by atoms with Crippen LogP contribution in [0.3, 0.4) is 0 Å². The lowest BCUT2D eigenvalue weighted by Gasteiger charge is -2.21. The summed E-state index contributed by atoms with van der Waals surface area (Å²) in [7, 11) is -3.71. The highest BCUT2D eigenvalue weighted by Crippen LogP contribution is 2.32. The summed E-state index contributed by atoms with van der Waals surface area (Å²) in [6.45, 7) is 3.82. The molecular weight excluding hydrogens is 334 g/mol. The van der Waals surface area contributed by atoms with E-state index in [0.717, 1.165) is 42.6 Å². The smallest absolute Gasteiger partial charge is 0.283 e. The molecule has 25 heavy (non-hydrogen) atoms. The Morgan fingerprint density at radius 1 is 1.04 bits per heavy atom. The largest absolute Gasteiger partial charge is 0.317 e. The molecular formula is C19H21N3O2S. The van der Waals surface area contributed by atoms with E-state index in [-0.39, 0.29) is 4.90 Å². The molecule has 1 N–H and O–H groups in total. The van der Waals surface area contributed by atoms with Crippen LogP contribution in [0.2, 0.25) is 0 Å². The lowest BCUT2D eigenvalue weighted by Crippen LogP contribution is -2.27. The lowest BCUT2D eigenvalue weighted by atomic mass is 9.93. The van der Waals surface area contributed by atoms with Gasteiger partial charge in [0.25, 0.3) is 10.0 Å². The van der Waals surface area contributed by atoms with Gasteiger partial charge in [0.05, 0.1) is 16.1 Å². The fraction of sp³-hybridized carbons (Fsp3) is 0.316. The van der Waals surface area contributed by atoms with E-state index in [1.165, 1.54) is 4.09 Å². The molecule has 0 amide bonds. The van der Waals surface area contributed by atoms with Crippen molar-refractivity contribution in [1.82, 2.24) is 14.5 Å². The Labute approximate surface area is 147 Å². The van der Waals surface area contributed by atoms with E-state index in [2.05, 4.69) is 10.4 Å². The topological polar surface area (TPSA) is 64.0 Å². The summed E-state index contributed by atoms with van der Waals surface area (Å²) >= 11 is 0. The van der Waals surface area contributed by atoms with Gasteiger partial charge in [0.2, 0.25) is 0 Å². The van der Waals surface area contributed by atoms with Gasteiger partial charge >= 0.3 is 0 Å². The molecule has 1 aromatic heterocycles. The quantitative estimate of drug-likeness (QED) is 0.784. The minimum absolute atomic E-state index is 0.267. The molecule has 4 rings (SSSR count). The second-order valence-corrected chi connectivity index (χ2v) is 8.36. The van der Waals surface area contributed by atoms with Crippen molar-refractivity contribution < 1.29 is 8.42 Å². The van der Waals surface area contributed by atoms with E-state index in [4.69, 9.17) is 0 Å². The highest BCUT2D eigenvalue weighted by atomic mass is 32.2. The van der Waals surface area contributed by atoms with Gasteiger partial charge in [-0.2, -0.15) is 17.6 Å². The monoisotopic (exact) mass is 355 g/mol. The minimum atomic E-state index is -3.71. The Balaban J connectivity index is 1.88. The highest BCUT2D eigenvalue weighted by molar-refractivity contribution is 7.90. The summed E-state index contributed by atoms with van der Waals surface area (Å²) in [6, 6.07) is 14.5. The average Bonchev–Trinajstić information content (AvgIpc) is 3.03. The fourth-order valence-corrected chi connectivity index (χ4v) is 4.75. The van der Waals surface area contributed by atoms with Gasteiger partial charge < -0.3 is 5.32 Å². The first kappa shape index (κ1) is 16.3. The third kappa shape index (κ3) is 2.85. The van der Waals surface area contributed by atoms with Gasteiger partial charge in [-0.25, -0.2) is 0 Å². The van der Waals surface area contributed by atoms with Gasteiger partial charge in [-0.3, -0.25) is 0 Å². The van der Waals surface area contributed by atoms with Crippen molar-refractivity contribution in [2.24, 2.45) is 0 Å². The first-order chi connectivity index (χ1) is 12.1. The molecule has 1 aliphatic heterocycles. The summed E-state index contributed by atoms with van der Waals surface area (Å²) in [4.78, 5) is 0.267. The predicted octanol–water partition coefficient (Wildman–Crippen LogP) is 3.05. The first-order valence-electron chi connectivity index (χ1n) is 8.58. The van der Waals surface area contributed by atoms with Gasteiger partial charge in [-0.05, 0) is 51.1 Å². The summed E-state index contributed by atoms with van der Waals surface area (Å²) in [6.07, 6.45) is 1.96. The second kappa shape index (κ2) is 6.28. The first-order valence-corrected chi connectivity index (χ1v) is 10.0. The number of nitrogens with one attached hydrogen (secondary N) is 1. The van der Waals surface area contributed by atoms with Crippen LogP contribution in [0.15, 0.2) is 53.4 Å². The molecule has 0 unspecified atom stereocenters. The molecule has 0 radical (unpaired) electrons. The number of aromatic nitrogens is 2. The lowest BCUT2D eigenvalue weighted by molar-refractivity contribution is 0.453. The van der Waals surface area contributed by atoms with Crippen molar-refractivity contribution >= 4 is 20.9 Å². The highest BCUT2D eigenvalue weighted by Gasteiger charge is 2.26. The minimum Gasteiger partial charge on any atom is -0.317 e. The third-order valence-corrected chi connectivity index (χ3v) is 6.46. The van der Waals surface area contributed by atoms with Crippen LogP contribution in [0.5, 0.6) is 0 Å². The summed E-state index contributed by atoms with van der Waals surface area (Å²) in [5.74, 6) is 0.292. The second-order valence-electron chi connectivity index (χ2n) is 6.59. The molecule has 1 fully saturated rings. The van der Waals surface area contributed by atoms with E-state index in [1.807, 2.05) is 43.3 Å². The molecule has 0 bridgehead atoms. The standard InChI is InChI=1S/C19H21N3O2S/c1-14-6-8-16(9-7-14)25(23,24)22-18-5-3-2-4-17(18)19(21-22)15-10-12-20-13-11-15/h2-9,15,20H,10-13H2,1H3. The normalized spacial score (nSPS) is 16.4. The van der Waals surface area contributed by atoms with Crippen molar-refractivity contribution in [2.45, 2.75) is 30.6 Å². The Hall–Kier alpha value is -2.18. The number of hydrogen-bond acceptors (Lipinski definition) is 4. The zero-order valence-electron chi connectivity index (χ0n) is 14.1. The maximum Gasteiger partial charge on any atom is 0.283 e. The van der Waals surface area contributed by atoms with Crippen LogP contribution in [0.4, 0.5) is 0 Å². The maximum absolute atomic E-state index is 13.1. The van der Waals surface area contributed by atoms with Crippen molar-refractivity contribution in [3.8, 4) is 0 Å². The van der Waals surface area contributed by atoms with Gasteiger partial charge in [0, 0.05) is 11.3 Å². The zero-order valence-corrected chi connectivity index (χ0v) is 15.0. The molecule has 1 aliphatic rings. The van der Waals surface area contributed by atoms with E-state index in [0.29, 0.717) is 11.4 Å². The molecule has 5 nitrogen and oxygen atoms in total. The van der Waals surface area contributed by atoms with Gasteiger partial charge in [-0.15, -0.1) is 0 Å². The maximum atomic E-state index is 13.1. The van der Waals surface area contributed by atoms with Crippen molar-refractivity contribution in [2.75, 3.05) is 13.1 Å². The Morgan fingerprint density at radius 3 is 2.44 bits per heavy atom. The van der Waals surface area contributed by atoms with Gasteiger partial charge in [-0.1, -0.05) is 35.9 Å². The van der Waals surface area contributed by atoms with Crippen LogP contribution in [-0.4, -0.2) is 30.7 Å². The molecule has 0 spiro atoms. The van der Waals surface area contributed by atoms with E-state index in [9.17, 15) is 8.42 Å². The molecule has 1 saturated heterocycles. The molecule has 0 atom stereocenters.